The fourth-order valence-corrected chi connectivity index (χ4v) is 3.56. The third kappa shape index (κ3) is 2.59. The molecular formula is C15H17BrN2O2. The maximum Gasteiger partial charge on any atom is 0.227 e. The molecule has 1 saturated heterocycles. The smallest absolute Gasteiger partial charge is 0.227 e. The third-order valence-corrected chi connectivity index (χ3v) is 4.88. The highest BCUT2D eigenvalue weighted by Gasteiger charge is 2.30. The van der Waals surface area contributed by atoms with E-state index >= 15 is 0 Å². The van der Waals surface area contributed by atoms with Gasteiger partial charge in [0.2, 0.25) is 11.8 Å². The first-order valence-electron chi connectivity index (χ1n) is 6.97. The number of fused-ring (bicyclic) bond motifs is 1. The molecule has 1 aromatic rings. The zero-order chi connectivity index (χ0) is 14.1. The fraction of sp³-hybridized carbons (Fsp3) is 0.467. The van der Waals surface area contributed by atoms with E-state index in [0.717, 1.165) is 17.4 Å². The minimum atomic E-state index is -0.0543. The number of carbonyl (C=O) groups is 2. The highest BCUT2D eigenvalue weighted by molar-refractivity contribution is 9.10. The van der Waals surface area contributed by atoms with Crippen LogP contribution in [-0.4, -0.2) is 29.8 Å². The first kappa shape index (κ1) is 13.6. The molecule has 2 aliphatic heterocycles. The van der Waals surface area contributed by atoms with E-state index in [9.17, 15) is 9.59 Å². The Labute approximate surface area is 126 Å². The van der Waals surface area contributed by atoms with Gasteiger partial charge in [-0.2, -0.15) is 0 Å². The maximum atomic E-state index is 12.5. The predicted molar refractivity (Wildman–Crippen MR) is 79.0 cm³/mol. The molecule has 0 unspecified atom stereocenters. The zero-order valence-electron chi connectivity index (χ0n) is 11.2. The second-order valence-corrected chi connectivity index (χ2v) is 6.28. The molecule has 1 atom stereocenters. The number of benzene rings is 1. The molecule has 1 aromatic carbocycles. The number of carbonyl (C=O) groups excluding carboxylic acids is 2. The maximum absolute atomic E-state index is 12.5. The van der Waals surface area contributed by atoms with Crippen molar-refractivity contribution in [2.24, 2.45) is 5.92 Å². The van der Waals surface area contributed by atoms with Gasteiger partial charge in [0.1, 0.15) is 0 Å². The Kier molecular flexibility index (Phi) is 3.78. The standard InChI is InChI=1S/C15H17BrN2O2/c16-13-3-1-2-11-9-18(7-6-12(11)13)15(20)10-4-5-14(19)17-8-10/h1-3,10H,4-9H2,(H,17,19)/t10-/m0/s1. The number of hydrogen-bond acceptors (Lipinski definition) is 2. The lowest BCUT2D eigenvalue weighted by atomic mass is 9.94. The number of nitrogens with one attached hydrogen (secondary N) is 1. The molecule has 1 fully saturated rings. The Morgan fingerprint density at radius 2 is 2.20 bits per heavy atom. The van der Waals surface area contributed by atoms with E-state index in [0.29, 0.717) is 25.9 Å². The van der Waals surface area contributed by atoms with E-state index < -0.39 is 0 Å². The Hall–Kier alpha value is -1.36. The number of hydrogen-bond donors (Lipinski definition) is 1. The first-order valence-corrected chi connectivity index (χ1v) is 7.76. The largest absolute Gasteiger partial charge is 0.355 e. The van der Waals surface area contributed by atoms with Crippen LogP contribution in [0, 0.1) is 5.92 Å². The molecule has 1 N–H and O–H groups in total. The number of halogens is 1. The van der Waals surface area contributed by atoms with Gasteiger partial charge in [0.25, 0.3) is 0 Å². The number of rotatable bonds is 1. The predicted octanol–water partition coefficient (Wildman–Crippen LogP) is 1.86. The highest BCUT2D eigenvalue weighted by Crippen LogP contribution is 2.27. The van der Waals surface area contributed by atoms with Crippen LogP contribution in [0.15, 0.2) is 22.7 Å². The van der Waals surface area contributed by atoms with Crippen molar-refractivity contribution < 1.29 is 9.59 Å². The lowest BCUT2D eigenvalue weighted by Gasteiger charge is -2.33. The van der Waals surface area contributed by atoms with Gasteiger partial charge in [0.05, 0.1) is 5.92 Å². The summed E-state index contributed by atoms with van der Waals surface area (Å²) in [4.78, 5) is 25.6. The SMILES string of the molecule is O=C1CC[C@H](C(=O)N2CCc3c(Br)cccc3C2)CN1. The molecule has 0 radical (unpaired) electrons. The van der Waals surface area contributed by atoms with E-state index in [1.54, 1.807) is 0 Å². The lowest BCUT2D eigenvalue weighted by Crippen LogP contribution is -2.46. The second kappa shape index (κ2) is 5.56. The van der Waals surface area contributed by atoms with Crippen LogP contribution in [0.4, 0.5) is 0 Å². The molecule has 5 heteroatoms. The summed E-state index contributed by atoms with van der Waals surface area (Å²) in [6.45, 7) is 1.93. The van der Waals surface area contributed by atoms with E-state index in [4.69, 9.17) is 0 Å². The van der Waals surface area contributed by atoms with Crippen molar-refractivity contribution >= 4 is 27.7 Å². The average Bonchev–Trinajstić information content (AvgIpc) is 2.47. The molecule has 0 aromatic heterocycles. The topological polar surface area (TPSA) is 49.4 Å². The van der Waals surface area contributed by atoms with Crippen LogP contribution in [0.2, 0.25) is 0 Å². The Balaban J connectivity index is 1.70. The van der Waals surface area contributed by atoms with Crippen LogP contribution >= 0.6 is 15.9 Å². The van der Waals surface area contributed by atoms with E-state index in [1.807, 2.05) is 17.0 Å². The summed E-state index contributed by atoms with van der Waals surface area (Å²) >= 11 is 3.57. The summed E-state index contributed by atoms with van der Waals surface area (Å²) < 4.78 is 1.13. The Morgan fingerprint density at radius 1 is 1.35 bits per heavy atom. The van der Waals surface area contributed by atoms with Crippen molar-refractivity contribution in [3.05, 3.63) is 33.8 Å². The first-order chi connectivity index (χ1) is 9.65. The molecule has 0 bridgehead atoms. The molecule has 3 rings (SSSR count). The van der Waals surface area contributed by atoms with Crippen LogP contribution in [0.25, 0.3) is 0 Å². The number of nitrogens with zero attached hydrogens (tertiary/aromatic N) is 1. The molecule has 20 heavy (non-hydrogen) atoms. The van der Waals surface area contributed by atoms with E-state index in [-0.39, 0.29) is 17.7 Å². The molecule has 2 heterocycles. The minimum Gasteiger partial charge on any atom is -0.355 e. The van der Waals surface area contributed by atoms with Gasteiger partial charge in [0.15, 0.2) is 0 Å². The normalized spacial score (nSPS) is 22.1. The number of amides is 2. The van der Waals surface area contributed by atoms with Gasteiger partial charge in [-0.1, -0.05) is 28.1 Å². The quantitative estimate of drug-likeness (QED) is 0.850. The summed E-state index contributed by atoms with van der Waals surface area (Å²) in [5.74, 6) is 0.180. The lowest BCUT2D eigenvalue weighted by molar-refractivity contribution is -0.138. The van der Waals surface area contributed by atoms with Gasteiger partial charge in [-0.05, 0) is 30.0 Å². The van der Waals surface area contributed by atoms with Crippen molar-refractivity contribution in [1.29, 1.82) is 0 Å². The van der Waals surface area contributed by atoms with Gasteiger partial charge in [0, 0.05) is 30.5 Å². The van der Waals surface area contributed by atoms with Crippen molar-refractivity contribution in [3.63, 3.8) is 0 Å². The summed E-state index contributed by atoms with van der Waals surface area (Å²) in [7, 11) is 0. The summed E-state index contributed by atoms with van der Waals surface area (Å²) in [5.41, 5.74) is 2.53. The van der Waals surface area contributed by atoms with Crippen LogP contribution in [0.1, 0.15) is 24.0 Å². The Morgan fingerprint density at radius 3 is 2.95 bits per heavy atom. The molecule has 2 amide bonds. The molecule has 4 nitrogen and oxygen atoms in total. The van der Waals surface area contributed by atoms with Gasteiger partial charge >= 0.3 is 0 Å². The summed E-state index contributed by atoms with van der Waals surface area (Å²) in [6, 6.07) is 6.15. The van der Waals surface area contributed by atoms with Crippen molar-refractivity contribution in [2.45, 2.75) is 25.8 Å². The monoisotopic (exact) mass is 336 g/mol. The molecule has 0 spiro atoms. The van der Waals surface area contributed by atoms with Crippen LogP contribution in [-0.2, 0) is 22.6 Å². The highest BCUT2D eigenvalue weighted by atomic mass is 79.9. The molecule has 2 aliphatic rings. The van der Waals surface area contributed by atoms with E-state index in [2.05, 4.69) is 27.3 Å². The van der Waals surface area contributed by atoms with Gasteiger partial charge in [-0.25, -0.2) is 0 Å². The Bertz CT molecular complexity index is 549. The molecule has 0 aliphatic carbocycles. The van der Waals surface area contributed by atoms with Crippen LogP contribution in [0.5, 0.6) is 0 Å². The zero-order valence-corrected chi connectivity index (χ0v) is 12.8. The number of piperidine rings is 1. The summed E-state index contributed by atoms with van der Waals surface area (Å²) in [6.07, 6.45) is 2.03. The van der Waals surface area contributed by atoms with E-state index in [1.165, 1.54) is 11.1 Å². The van der Waals surface area contributed by atoms with Gasteiger partial charge in [-0.15, -0.1) is 0 Å². The average molecular weight is 337 g/mol. The van der Waals surface area contributed by atoms with Crippen LogP contribution < -0.4 is 5.32 Å². The molecule has 106 valence electrons. The summed E-state index contributed by atoms with van der Waals surface area (Å²) in [5, 5.41) is 2.79. The third-order valence-electron chi connectivity index (χ3n) is 4.14. The van der Waals surface area contributed by atoms with Crippen molar-refractivity contribution in [1.82, 2.24) is 10.2 Å². The fourth-order valence-electron chi connectivity index (χ4n) is 2.95. The van der Waals surface area contributed by atoms with Crippen LogP contribution in [0.3, 0.4) is 0 Å². The van der Waals surface area contributed by atoms with Gasteiger partial charge in [-0.3, -0.25) is 9.59 Å². The second-order valence-electron chi connectivity index (χ2n) is 5.43. The molecule has 0 saturated carbocycles. The molecular weight excluding hydrogens is 320 g/mol. The van der Waals surface area contributed by atoms with Crippen molar-refractivity contribution in [2.75, 3.05) is 13.1 Å². The minimum absolute atomic E-state index is 0.0543. The van der Waals surface area contributed by atoms with Gasteiger partial charge < -0.3 is 10.2 Å². The van der Waals surface area contributed by atoms with Crippen molar-refractivity contribution in [3.8, 4) is 0 Å².